The lowest BCUT2D eigenvalue weighted by atomic mass is 10.0. The van der Waals surface area contributed by atoms with Gasteiger partial charge in [0.2, 0.25) is 5.91 Å². The summed E-state index contributed by atoms with van der Waals surface area (Å²) < 4.78 is 0. The smallest absolute Gasteiger partial charge is 0.250 e. The van der Waals surface area contributed by atoms with Crippen molar-refractivity contribution in [1.29, 1.82) is 0 Å². The van der Waals surface area contributed by atoms with Crippen molar-refractivity contribution >= 4 is 12.1 Å². The summed E-state index contributed by atoms with van der Waals surface area (Å²) in [5.41, 5.74) is 9.23. The lowest BCUT2D eigenvalue weighted by Gasteiger charge is -2.36. The first-order chi connectivity index (χ1) is 10.2. The van der Waals surface area contributed by atoms with E-state index in [0.717, 1.165) is 29.9 Å². The normalized spacial score (nSPS) is 22.2. The number of hydrogen-bond donors (Lipinski definition) is 1. The molecule has 4 rings (SSSR count). The van der Waals surface area contributed by atoms with E-state index in [0.29, 0.717) is 5.57 Å². The number of primary amides is 1. The Balaban J connectivity index is 1.75. The Morgan fingerprint density at radius 2 is 2.10 bits per heavy atom. The predicted octanol–water partition coefficient (Wildman–Crippen LogP) is 1.87. The van der Waals surface area contributed by atoms with Gasteiger partial charge in [-0.05, 0) is 25.0 Å². The molecular weight excluding hydrogens is 264 g/mol. The second kappa shape index (κ2) is 4.34. The minimum Gasteiger partial charge on any atom is -0.366 e. The van der Waals surface area contributed by atoms with Crippen LogP contribution in [0.5, 0.6) is 0 Å². The molecule has 0 spiro atoms. The summed E-state index contributed by atoms with van der Waals surface area (Å²) in [5.74, 6) is 0.420. The largest absolute Gasteiger partial charge is 0.366 e. The molecule has 0 atom stereocenters. The number of allylic oxidation sites excluding steroid dienone is 5. The third-order valence-electron chi connectivity index (χ3n) is 3.86. The molecule has 0 saturated heterocycles. The maximum Gasteiger partial charge on any atom is 0.250 e. The van der Waals surface area contributed by atoms with Gasteiger partial charge in [0.1, 0.15) is 0 Å². The molecule has 5 heteroatoms. The van der Waals surface area contributed by atoms with Crippen LogP contribution in [0.4, 0.5) is 0 Å². The molecule has 0 bridgehead atoms. The summed E-state index contributed by atoms with van der Waals surface area (Å²) in [6, 6.07) is 0. The molecule has 5 nitrogen and oxygen atoms in total. The molecule has 4 aliphatic rings. The number of carbonyl (C=O) groups is 1. The number of fused-ring (bicyclic) bond motifs is 3. The van der Waals surface area contributed by atoms with Crippen LogP contribution in [0.15, 0.2) is 76.3 Å². The molecule has 21 heavy (non-hydrogen) atoms. The second-order valence-corrected chi connectivity index (χ2v) is 5.20. The van der Waals surface area contributed by atoms with Gasteiger partial charge in [-0.3, -0.25) is 4.79 Å². The highest BCUT2D eigenvalue weighted by molar-refractivity contribution is 5.95. The van der Waals surface area contributed by atoms with E-state index in [2.05, 4.69) is 22.0 Å². The zero-order valence-corrected chi connectivity index (χ0v) is 11.4. The molecule has 1 aliphatic carbocycles. The quantitative estimate of drug-likeness (QED) is 0.796. The summed E-state index contributed by atoms with van der Waals surface area (Å²) >= 11 is 0. The minimum atomic E-state index is -0.430. The number of rotatable bonds is 1. The van der Waals surface area contributed by atoms with Crippen LogP contribution in [-0.4, -0.2) is 21.9 Å². The van der Waals surface area contributed by atoms with Gasteiger partial charge in [-0.25, -0.2) is 4.99 Å². The van der Waals surface area contributed by atoms with Crippen molar-refractivity contribution in [2.45, 2.75) is 12.8 Å². The molecular formula is C16H14N4O. The van der Waals surface area contributed by atoms with E-state index in [1.807, 2.05) is 29.6 Å². The highest BCUT2D eigenvalue weighted by atomic mass is 16.1. The fourth-order valence-corrected chi connectivity index (χ4v) is 2.78. The van der Waals surface area contributed by atoms with Crippen LogP contribution in [0.3, 0.4) is 0 Å². The van der Waals surface area contributed by atoms with Crippen molar-refractivity contribution in [3.05, 3.63) is 71.3 Å². The van der Waals surface area contributed by atoms with Gasteiger partial charge in [0.15, 0.2) is 5.82 Å². The number of nitrogens with zero attached hydrogens (tertiary/aromatic N) is 3. The molecule has 3 aliphatic heterocycles. The van der Waals surface area contributed by atoms with Crippen LogP contribution in [0.1, 0.15) is 12.8 Å². The highest BCUT2D eigenvalue weighted by Crippen LogP contribution is 2.34. The Kier molecular flexibility index (Phi) is 2.47. The summed E-state index contributed by atoms with van der Waals surface area (Å²) in [7, 11) is 0. The van der Waals surface area contributed by atoms with E-state index in [-0.39, 0.29) is 0 Å². The minimum absolute atomic E-state index is 0.430. The van der Waals surface area contributed by atoms with Gasteiger partial charge in [0, 0.05) is 29.9 Å². The first kappa shape index (κ1) is 12.0. The van der Waals surface area contributed by atoms with Gasteiger partial charge < -0.3 is 15.5 Å². The van der Waals surface area contributed by atoms with E-state index < -0.39 is 5.91 Å². The Labute approximate surface area is 122 Å². The Hall–Kier alpha value is -2.82. The van der Waals surface area contributed by atoms with E-state index in [9.17, 15) is 4.79 Å². The lowest BCUT2D eigenvalue weighted by molar-refractivity contribution is -0.114. The molecule has 0 radical (unpaired) electrons. The van der Waals surface area contributed by atoms with Crippen molar-refractivity contribution < 1.29 is 4.79 Å². The maximum atomic E-state index is 11.3. The number of aliphatic imine (C=N–C) groups is 1. The third-order valence-corrected chi connectivity index (χ3v) is 3.86. The van der Waals surface area contributed by atoms with Crippen molar-refractivity contribution in [3.63, 3.8) is 0 Å². The molecule has 0 saturated carbocycles. The molecule has 0 fully saturated rings. The van der Waals surface area contributed by atoms with Crippen LogP contribution >= 0.6 is 0 Å². The summed E-state index contributed by atoms with van der Waals surface area (Å²) in [6.45, 7) is 0. The van der Waals surface area contributed by atoms with Gasteiger partial charge in [0.25, 0.3) is 0 Å². The number of amides is 1. The maximum absolute atomic E-state index is 11.3. The Morgan fingerprint density at radius 3 is 2.95 bits per heavy atom. The molecule has 2 N–H and O–H groups in total. The van der Waals surface area contributed by atoms with Gasteiger partial charge in [0.05, 0.1) is 17.5 Å². The lowest BCUT2D eigenvalue weighted by Crippen LogP contribution is -2.30. The summed E-state index contributed by atoms with van der Waals surface area (Å²) in [4.78, 5) is 19.8. The molecule has 3 heterocycles. The van der Waals surface area contributed by atoms with Crippen LogP contribution in [0.25, 0.3) is 0 Å². The van der Waals surface area contributed by atoms with E-state index in [1.54, 1.807) is 12.3 Å². The van der Waals surface area contributed by atoms with Gasteiger partial charge in [-0.2, -0.15) is 0 Å². The molecule has 0 unspecified atom stereocenters. The highest BCUT2D eigenvalue weighted by Gasteiger charge is 2.26. The number of carbonyl (C=O) groups excluding carboxylic acids is 1. The van der Waals surface area contributed by atoms with Crippen LogP contribution in [0, 0.1) is 0 Å². The van der Waals surface area contributed by atoms with Gasteiger partial charge in [-0.15, -0.1) is 0 Å². The monoisotopic (exact) mass is 278 g/mol. The predicted molar refractivity (Wildman–Crippen MR) is 80.2 cm³/mol. The topological polar surface area (TPSA) is 61.9 Å². The zero-order chi connectivity index (χ0) is 14.4. The Bertz CT molecular complexity index is 746. The van der Waals surface area contributed by atoms with Gasteiger partial charge in [-0.1, -0.05) is 12.2 Å². The fourth-order valence-electron chi connectivity index (χ4n) is 2.78. The average Bonchev–Trinajstić information content (AvgIpc) is 2.52. The second-order valence-electron chi connectivity index (χ2n) is 5.20. The first-order valence-electron chi connectivity index (χ1n) is 6.87. The van der Waals surface area contributed by atoms with E-state index >= 15 is 0 Å². The average molecular weight is 278 g/mol. The van der Waals surface area contributed by atoms with Crippen molar-refractivity contribution in [2.24, 2.45) is 10.7 Å². The fraction of sp³-hybridized carbons (Fsp3) is 0.125. The molecule has 1 amide bonds. The van der Waals surface area contributed by atoms with E-state index in [4.69, 9.17) is 5.73 Å². The Morgan fingerprint density at radius 1 is 1.19 bits per heavy atom. The van der Waals surface area contributed by atoms with Crippen LogP contribution in [-0.2, 0) is 4.79 Å². The van der Waals surface area contributed by atoms with Crippen molar-refractivity contribution in [2.75, 3.05) is 0 Å². The SMILES string of the molecule is NC(=O)C1=CN2C=C3N=CC4=C(CCC=C4)N3C=C2C=C1. The van der Waals surface area contributed by atoms with Crippen LogP contribution < -0.4 is 5.73 Å². The zero-order valence-electron chi connectivity index (χ0n) is 11.4. The molecule has 0 aromatic carbocycles. The summed E-state index contributed by atoms with van der Waals surface area (Å²) in [5, 5.41) is 0. The number of nitrogens with two attached hydrogens (primary N) is 1. The summed E-state index contributed by atoms with van der Waals surface area (Å²) in [6.07, 6.45) is 17.6. The van der Waals surface area contributed by atoms with Gasteiger partial charge >= 0.3 is 0 Å². The molecule has 0 aromatic rings. The molecule has 0 aromatic heterocycles. The number of hydrogen-bond acceptors (Lipinski definition) is 4. The standard InChI is InChI=1S/C16H14N4O/c17-16(21)12-5-6-13-9-20-14-4-2-1-3-11(14)7-18-15(20)10-19(13)8-12/h1,3,5-10H,2,4H2,(H2,17,21). The molecule has 104 valence electrons. The third kappa shape index (κ3) is 1.86. The van der Waals surface area contributed by atoms with Crippen molar-refractivity contribution in [1.82, 2.24) is 9.80 Å². The first-order valence-corrected chi connectivity index (χ1v) is 6.87. The van der Waals surface area contributed by atoms with Crippen molar-refractivity contribution in [3.8, 4) is 0 Å². The van der Waals surface area contributed by atoms with Crippen LogP contribution in [0.2, 0.25) is 0 Å². The van der Waals surface area contributed by atoms with E-state index in [1.165, 1.54) is 5.70 Å².